The van der Waals surface area contributed by atoms with Crippen LogP contribution >= 0.6 is 0 Å². The zero-order valence-corrected chi connectivity index (χ0v) is 8.38. The lowest BCUT2D eigenvalue weighted by Crippen LogP contribution is -1.98. The van der Waals surface area contributed by atoms with Crippen LogP contribution in [0.3, 0.4) is 0 Å². The van der Waals surface area contributed by atoms with Crippen LogP contribution in [0.4, 0.5) is 0 Å². The minimum absolute atomic E-state index is 0.455. The lowest BCUT2D eigenvalue weighted by Gasteiger charge is -2.00. The molecule has 1 unspecified atom stereocenters. The zero-order valence-electron chi connectivity index (χ0n) is 8.38. The molecule has 1 nitrogen and oxygen atoms in total. The number of unbranched alkanes of at least 4 members (excludes halogenated alkanes) is 3. The molecule has 0 aromatic heterocycles. The fraction of sp³-hybridized carbons (Fsp3) is 0.818. The van der Waals surface area contributed by atoms with Crippen molar-refractivity contribution >= 4 is 0 Å². The highest BCUT2D eigenvalue weighted by molar-refractivity contribution is 4.87. The smallest absolute Gasteiger partial charge is 0.111 e. The Morgan fingerprint density at radius 3 is 2.50 bits per heavy atom. The van der Waals surface area contributed by atoms with Crippen LogP contribution in [0.15, 0.2) is 12.2 Å². The quantitative estimate of drug-likeness (QED) is 0.409. The molecule has 0 bridgehead atoms. The molecule has 0 saturated heterocycles. The van der Waals surface area contributed by atoms with Gasteiger partial charge in [0.05, 0.1) is 0 Å². The van der Waals surface area contributed by atoms with Gasteiger partial charge in [-0.15, -0.1) is 0 Å². The fourth-order valence-corrected chi connectivity index (χ4v) is 1.11. The van der Waals surface area contributed by atoms with Gasteiger partial charge in [0.2, 0.25) is 0 Å². The van der Waals surface area contributed by atoms with Gasteiger partial charge in [0.25, 0.3) is 0 Å². The molecular weight excluding hydrogens is 148 g/mol. The van der Waals surface area contributed by atoms with Crippen LogP contribution in [0.1, 0.15) is 52.4 Å². The van der Waals surface area contributed by atoms with Crippen LogP contribution in [0, 0.1) is 0 Å². The Morgan fingerprint density at radius 1 is 1.17 bits per heavy atom. The van der Waals surface area contributed by atoms with Gasteiger partial charge in [-0.2, -0.15) is 0 Å². The molecule has 0 aromatic carbocycles. The summed E-state index contributed by atoms with van der Waals surface area (Å²) < 4.78 is 0. The van der Waals surface area contributed by atoms with E-state index in [0.29, 0.717) is 0 Å². The van der Waals surface area contributed by atoms with Gasteiger partial charge in [0, 0.05) is 0 Å². The first-order chi connectivity index (χ1) is 5.81. The van der Waals surface area contributed by atoms with E-state index in [9.17, 15) is 5.11 Å². The van der Waals surface area contributed by atoms with Crippen LogP contribution in [-0.4, -0.2) is 6.10 Å². The molecule has 12 heavy (non-hydrogen) atoms. The van der Waals surface area contributed by atoms with Crippen LogP contribution in [-0.2, 0) is 5.11 Å². The van der Waals surface area contributed by atoms with Crippen molar-refractivity contribution in [3.63, 3.8) is 0 Å². The Labute approximate surface area is 76.5 Å². The van der Waals surface area contributed by atoms with Crippen molar-refractivity contribution in [1.29, 1.82) is 0 Å². The molecule has 0 heterocycles. The van der Waals surface area contributed by atoms with Gasteiger partial charge in [-0.1, -0.05) is 51.7 Å². The Hall–Kier alpha value is -0.300. The SMILES string of the molecule is CCCC=CC([O])CCCCC. The summed E-state index contributed by atoms with van der Waals surface area (Å²) in [5.41, 5.74) is 0. The van der Waals surface area contributed by atoms with Gasteiger partial charge in [0.1, 0.15) is 6.10 Å². The van der Waals surface area contributed by atoms with Gasteiger partial charge in [-0.25, -0.2) is 5.11 Å². The van der Waals surface area contributed by atoms with Gasteiger partial charge < -0.3 is 0 Å². The minimum Gasteiger partial charge on any atom is -0.229 e. The van der Waals surface area contributed by atoms with E-state index in [0.717, 1.165) is 25.7 Å². The second-order valence-corrected chi connectivity index (χ2v) is 3.25. The lowest BCUT2D eigenvalue weighted by atomic mass is 10.1. The van der Waals surface area contributed by atoms with E-state index in [-0.39, 0.29) is 0 Å². The largest absolute Gasteiger partial charge is 0.229 e. The maximum absolute atomic E-state index is 11.2. The molecule has 1 radical (unpaired) electrons. The number of hydrogen-bond donors (Lipinski definition) is 0. The van der Waals surface area contributed by atoms with E-state index in [1.165, 1.54) is 12.8 Å². The molecule has 0 N–H and O–H groups in total. The van der Waals surface area contributed by atoms with E-state index in [1.807, 2.05) is 12.2 Å². The Bertz CT molecular complexity index is 108. The second kappa shape index (κ2) is 8.79. The normalized spacial score (nSPS) is 13.9. The standard InChI is InChI=1S/C11H21O/c1-3-5-7-9-11(12)10-8-6-4-2/h7,9,11H,3-6,8,10H2,1-2H3. The minimum atomic E-state index is -0.455. The molecule has 0 amide bonds. The van der Waals surface area contributed by atoms with Crippen molar-refractivity contribution in [3.8, 4) is 0 Å². The van der Waals surface area contributed by atoms with E-state index >= 15 is 0 Å². The molecule has 0 aliphatic heterocycles. The first-order valence-corrected chi connectivity index (χ1v) is 5.13. The topological polar surface area (TPSA) is 19.9 Å². The third kappa shape index (κ3) is 7.80. The maximum atomic E-state index is 11.2. The highest BCUT2D eigenvalue weighted by Gasteiger charge is 1.98. The fourth-order valence-electron chi connectivity index (χ4n) is 1.11. The summed E-state index contributed by atoms with van der Waals surface area (Å²) in [5, 5.41) is 11.2. The molecule has 0 fully saturated rings. The van der Waals surface area contributed by atoms with Crippen molar-refractivity contribution in [1.82, 2.24) is 0 Å². The predicted molar refractivity (Wildman–Crippen MR) is 52.7 cm³/mol. The van der Waals surface area contributed by atoms with Crippen molar-refractivity contribution < 1.29 is 5.11 Å². The van der Waals surface area contributed by atoms with Gasteiger partial charge in [0.15, 0.2) is 0 Å². The predicted octanol–water partition coefficient (Wildman–Crippen LogP) is 3.72. The first kappa shape index (κ1) is 11.7. The first-order valence-electron chi connectivity index (χ1n) is 5.13. The van der Waals surface area contributed by atoms with E-state index in [4.69, 9.17) is 0 Å². The summed E-state index contributed by atoms with van der Waals surface area (Å²) >= 11 is 0. The summed E-state index contributed by atoms with van der Waals surface area (Å²) in [7, 11) is 0. The van der Waals surface area contributed by atoms with Crippen LogP contribution < -0.4 is 0 Å². The molecule has 71 valence electrons. The van der Waals surface area contributed by atoms with Gasteiger partial charge in [-0.05, 0) is 12.8 Å². The highest BCUT2D eigenvalue weighted by Crippen LogP contribution is 2.05. The molecular formula is C11H21O. The molecule has 0 rings (SSSR count). The van der Waals surface area contributed by atoms with Crippen molar-refractivity contribution in [2.24, 2.45) is 0 Å². The summed E-state index contributed by atoms with van der Waals surface area (Å²) in [4.78, 5) is 0. The van der Waals surface area contributed by atoms with Crippen molar-refractivity contribution in [3.05, 3.63) is 12.2 Å². The average molecular weight is 169 g/mol. The number of allylic oxidation sites excluding steroid dienone is 1. The molecule has 1 heteroatoms. The summed E-state index contributed by atoms with van der Waals surface area (Å²) in [6.07, 6.45) is 9.86. The lowest BCUT2D eigenvalue weighted by molar-refractivity contribution is 0.119. The maximum Gasteiger partial charge on any atom is 0.111 e. The molecule has 0 aliphatic carbocycles. The Morgan fingerprint density at radius 2 is 1.92 bits per heavy atom. The molecule has 1 atom stereocenters. The van der Waals surface area contributed by atoms with Crippen LogP contribution in [0.5, 0.6) is 0 Å². The third-order valence-electron chi connectivity index (χ3n) is 1.90. The van der Waals surface area contributed by atoms with Crippen molar-refractivity contribution in [2.45, 2.75) is 58.5 Å². The third-order valence-corrected chi connectivity index (χ3v) is 1.90. The summed E-state index contributed by atoms with van der Waals surface area (Å²) in [6, 6.07) is 0. The van der Waals surface area contributed by atoms with E-state index in [2.05, 4.69) is 13.8 Å². The summed E-state index contributed by atoms with van der Waals surface area (Å²) in [6.45, 7) is 4.29. The summed E-state index contributed by atoms with van der Waals surface area (Å²) in [5.74, 6) is 0. The Kier molecular flexibility index (Phi) is 8.57. The van der Waals surface area contributed by atoms with Crippen LogP contribution in [0.2, 0.25) is 0 Å². The number of hydrogen-bond acceptors (Lipinski definition) is 0. The molecule has 0 saturated carbocycles. The molecule has 0 aliphatic rings. The van der Waals surface area contributed by atoms with E-state index < -0.39 is 6.10 Å². The highest BCUT2D eigenvalue weighted by atomic mass is 16.3. The second-order valence-electron chi connectivity index (χ2n) is 3.25. The van der Waals surface area contributed by atoms with Crippen LogP contribution in [0.25, 0.3) is 0 Å². The molecule has 0 spiro atoms. The van der Waals surface area contributed by atoms with Crippen molar-refractivity contribution in [2.75, 3.05) is 0 Å². The van der Waals surface area contributed by atoms with Gasteiger partial charge in [-0.3, -0.25) is 0 Å². The monoisotopic (exact) mass is 169 g/mol. The van der Waals surface area contributed by atoms with Gasteiger partial charge >= 0.3 is 0 Å². The molecule has 0 aromatic rings. The number of rotatable bonds is 7. The zero-order chi connectivity index (χ0) is 9.23. The van der Waals surface area contributed by atoms with E-state index in [1.54, 1.807) is 0 Å². The average Bonchev–Trinajstić information content (AvgIpc) is 2.06. The Balaban J connectivity index is 3.26.